The highest BCUT2D eigenvalue weighted by Crippen LogP contribution is 2.32. The van der Waals surface area contributed by atoms with Crippen molar-refractivity contribution in [3.05, 3.63) is 35.1 Å². The number of aryl methyl sites for hydroxylation is 1. The quantitative estimate of drug-likeness (QED) is 0.819. The van der Waals surface area contributed by atoms with Gasteiger partial charge in [-0.2, -0.15) is 0 Å². The van der Waals surface area contributed by atoms with Crippen molar-refractivity contribution in [2.45, 2.75) is 52.5 Å². The normalized spacial score (nSPS) is 11.6. The van der Waals surface area contributed by atoms with Crippen molar-refractivity contribution >= 4 is 11.0 Å². The molecule has 0 amide bonds. The minimum Gasteiger partial charge on any atom is -0.459 e. The molecular weight excluding hydrogens is 234 g/mol. The Morgan fingerprint density at radius 3 is 2.68 bits per heavy atom. The van der Waals surface area contributed by atoms with Crippen LogP contribution in [0.25, 0.3) is 11.0 Å². The van der Waals surface area contributed by atoms with Crippen molar-refractivity contribution in [3.63, 3.8) is 0 Å². The second-order valence-corrected chi connectivity index (χ2v) is 5.56. The van der Waals surface area contributed by atoms with Crippen molar-refractivity contribution in [2.75, 3.05) is 7.05 Å². The van der Waals surface area contributed by atoms with E-state index in [0.29, 0.717) is 5.92 Å². The lowest BCUT2D eigenvalue weighted by Gasteiger charge is -2.06. The highest BCUT2D eigenvalue weighted by molar-refractivity contribution is 5.83. The van der Waals surface area contributed by atoms with Crippen LogP contribution in [-0.2, 0) is 13.0 Å². The molecule has 0 radical (unpaired) electrons. The van der Waals surface area contributed by atoms with Gasteiger partial charge in [-0.15, -0.1) is 0 Å². The Morgan fingerprint density at radius 1 is 1.26 bits per heavy atom. The number of benzene rings is 1. The van der Waals surface area contributed by atoms with Gasteiger partial charge in [-0.1, -0.05) is 33.3 Å². The standard InChI is InChI=1S/C17H25NO/c1-5-6-7-13-8-9-15-14(10-13)17(12(2)3)16(19-15)11-18-4/h8-10,12,18H,5-7,11H2,1-4H3. The second kappa shape index (κ2) is 6.25. The minimum atomic E-state index is 0.492. The Balaban J connectivity index is 2.46. The molecule has 2 heteroatoms. The van der Waals surface area contributed by atoms with Crippen molar-refractivity contribution in [1.82, 2.24) is 5.32 Å². The summed E-state index contributed by atoms with van der Waals surface area (Å²) in [5.41, 5.74) is 3.81. The number of furan rings is 1. The van der Waals surface area contributed by atoms with Gasteiger partial charge in [-0.3, -0.25) is 0 Å². The van der Waals surface area contributed by atoms with E-state index in [2.05, 4.69) is 44.3 Å². The molecule has 0 spiro atoms. The minimum absolute atomic E-state index is 0.492. The summed E-state index contributed by atoms with van der Waals surface area (Å²) >= 11 is 0. The molecule has 1 N–H and O–H groups in total. The first-order valence-corrected chi connectivity index (χ1v) is 7.36. The predicted molar refractivity (Wildman–Crippen MR) is 81.7 cm³/mol. The smallest absolute Gasteiger partial charge is 0.134 e. The van der Waals surface area contributed by atoms with Gasteiger partial charge in [-0.05, 0) is 43.5 Å². The third kappa shape index (κ3) is 3.01. The van der Waals surface area contributed by atoms with Gasteiger partial charge in [0.25, 0.3) is 0 Å². The van der Waals surface area contributed by atoms with Crippen molar-refractivity contribution in [2.24, 2.45) is 0 Å². The van der Waals surface area contributed by atoms with E-state index < -0.39 is 0 Å². The molecule has 2 rings (SSSR count). The lowest BCUT2D eigenvalue weighted by Crippen LogP contribution is -2.06. The summed E-state index contributed by atoms with van der Waals surface area (Å²) in [7, 11) is 1.96. The lowest BCUT2D eigenvalue weighted by atomic mass is 9.97. The molecule has 1 aromatic heterocycles. The second-order valence-electron chi connectivity index (χ2n) is 5.56. The Hall–Kier alpha value is -1.28. The van der Waals surface area contributed by atoms with Gasteiger partial charge in [-0.25, -0.2) is 0 Å². The molecule has 0 bridgehead atoms. The number of hydrogen-bond donors (Lipinski definition) is 1. The number of fused-ring (bicyclic) bond motifs is 1. The fourth-order valence-corrected chi connectivity index (χ4v) is 2.68. The van der Waals surface area contributed by atoms with E-state index in [0.717, 1.165) is 24.3 Å². The molecule has 0 unspecified atom stereocenters. The van der Waals surface area contributed by atoms with Gasteiger partial charge >= 0.3 is 0 Å². The first-order valence-electron chi connectivity index (χ1n) is 7.36. The van der Waals surface area contributed by atoms with Crippen LogP contribution in [-0.4, -0.2) is 7.05 Å². The molecule has 0 atom stereocenters. The molecule has 2 nitrogen and oxygen atoms in total. The van der Waals surface area contributed by atoms with E-state index in [1.54, 1.807) is 0 Å². The van der Waals surface area contributed by atoms with Crippen LogP contribution >= 0.6 is 0 Å². The topological polar surface area (TPSA) is 25.2 Å². The molecule has 0 fully saturated rings. The van der Waals surface area contributed by atoms with Gasteiger partial charge in [0.2, 0.25) is 0 Å². The molecule has 0 aliphatic rings. The molecule has 19 heavy (non-hydrogen) atoms. The number of nitrogens with one attached hydrogen (secondary N) is 1. The molecule has 0 aliphatic carbocycles. The highest BCUT2D eigenvalue weighted by Gasteiger charge is 2.16. The third-order valence-corrected chi connectivity index (χ3v) is 3.60. The Labute approximate surface area is 116 Å². The number of hydrogen-bond acceptors (Lipinski definition) is 2. The van der Waals surface area contributed by atoms with Crippen molar-refractivity contribution in [1.29, 1.82) is 0 Å². The van der Waals surface area contributed by atoms with Crippen LogP contribution in [0.4, 0.5) is 0 Å². The third-order valence-electron chi connectivity index (χ3n) is 3.60. The zero-order valence-electron chi connectivity index (χ0n) is 12.5. The Morgan fingerprint density at radius 2 is 2.05 bits per heavy atom. The van der Waals surface area contributed by atoms with Crippen LogP contribution in [0.15, 0.2) is 22.6 Å². The molecule has 0 aliphatic heterocycles. The van der Waals surface area contributed by atoms with E-state index in [1.165, 1.54) is 29.4 Å². The fraction of sp³-hybridized carbons (Fsp3) is 0.529. The maximum absolute atomic E-state index is 6.00. The Kier molecular flexibility index (Phi) is 4.65. The molecule has 0 saturated carbocycles. The van der Waals surface area contributed by atoms with E-state index in [9.17, 15) is 0 Å². The summed E-state index contributed by atoms with van der Waals surface area (Å²) in [5, 5.41) is 4.50. The molecule has 0 saturated heterocycles. The van der Waals surface area contributed by atoms with Crippen LogP contribution in [0.3, 0.4) is 0 Å². The Bertz CT molecular complexity index is 539. The van der Waals surface area contributed by atoms with E-state index in [1.807, 2.05) is 7.05 Å². The first kappa shape index (κ1) is 14.1. The van der Waals surface area contributed by atoms with E-state index >= 15 is 0 Å². The van der Waals surface area contributed by atoms with Gasteiger partial charge in [0.1, 0.15) is 11.3 Å². The summed E-state index contributed by atoms with van der Waals surface area (Å²) in [6.45, 7) is 7.51. The van der Waals surface area contributed by atoms with Crippen LogP contribution in [0.2, 0.25) is 0 Å². The van der Waals surface area contributed by atoms with E-state index in [-0.39, 0.29) is 0 Å². The van der Waals surface area contributed by atoms with Crippen molar-refractivity contribution in [3.8, 4) is 0 Å². The predicted octanol–water partition coefficient (Wildman–Crippen LogP) is 4.62. The largest absolute Gasteiger partial charge is 0.459 e. The maximum atomic E-state index is 6.00. The zero-order chi connectivity index (χ0) is 13.8. The summed E-state index contributed by atoms with van der Waals surface area (Å²) in [6.07, 6.45) is 3.66. The van der Waals surface area contributed by atoms with Gasteiger partial charge in [0.05, 0.1) is 6.54 Å². The van der Waals surface area contributed by atoms with Crippen LogP contribution in [0, 0.1) is 0 Å². The number of rotatable bonds is 6. The van der Waals surface area contributed by atoms with Crippen molar-refractivity contribution < 1.29 is 4.42 Å². The summed E-state index contributed by atoms with van der Waals surface area (Å²) in [6, 6.07) is 6.66. The van der Waals surface area contributed by atoms with Gasteiger partial charge < -0.3 is 9.73 Å². The summed E-state index contributed by atoms with van der Waals surface area (Å²) in [4.78, 5) is 0. The molecule has 2 aromatic rings. The SMILES string of the molecule is CCCCc1ccc2oc(CNC)c(C(C)C)c2c1. The van der Waals surface area contributed by atoms with Gasteiger partial charge in [0.15, 0.2) is 0 Å². The lowest BCUT2D eigenvalue weighted by molar-refractivity contribution is 0.520. The first-order chi connectivity index (χ1) is 9.17. The van der Waals surface area contributed by atoms with Gasteiger partial charge in [0, 0.05) is 10.9 Å². The summed E-state index contributed by atoms with van der Waals surface area (Å²) in [5.74, 6) is 1.58. The van der Waals surface area contributed by atoms with Crippen LogP contribution < -0.4 is 5.32 Å². The van der Waals surface area contributed by atoms with Crippen LogP contribution in [0.5, 0.6) is 0 Å². The fourth-order valence-electron chi connectivity index (χ4n) is 2.68. The highest BCUT2D eigenvalue weighted by atomic mass is 16.3. The molecule has 104 valence electrons. The molecule has 1 heterocycles. The average molecular weight is 259 g/mol. The molecule has 1 aromatic carbocycles. The number of unbranched alkanes of at least 4 members (excludes halogenated alkanes) is 1. The molecular formula is C17H25NO. The zero-order valence-corrected chi connectivity index (χ0v) is 12.5. The average Bonchev–Trinajstić information content (AvgIpc) is 2.74. The monoisotopic (exact) mass is 259 g/mol. The van der Waals surface area contributed by atoms with Crippen LogP contribution in [0.1, 0.15) is 56.4 Å². The summed E-state index contributed by atoms with van der Waals surface area (Å²) < 4.78 is 6.00. The maximum Gasteiger partial charge on any atom is 0.134 e. The van der Waals surface area contributed by atoms with E-state index in [4.69, 9.17) is 4.42 Å².